The lowest BCUT2D eigenvalue weighted by molar-refractivity contribution is -0.120. The average Bonchev–Trinajstić information content (AvgIpc) is 3.09. The summed E-state index contributed by atoms with van der Waals surface area (Å²) in [5.74, 6) is 1.83. The van der Waals surface area contributed by atoms with Gasteiger partial charge in [0.25, 0.3) is 0 Å². The van der Waals surface area contributed by atoms with Crippen LogP contribution in [0.25, 0.3) is 0 Å². The Morgan fingerprint density at radius 1 is 1.12 bits per heavy atom. The van der Waals surface area contributed by atoms with Crippen LogP contribution in [0.2, 0.25) is 0 Å². The SMILES string of the molecule is CC1CCC(NCC(=O)NCC2CC2)CC1. The number of carbonyl (C=O) groups is 1. The molecule has 0 aromatic carbocycles. The third kappa shape index (κ3) is 4.12. The molecule has 16 heavy (non-hydrogen) atoms. The number of hydrogen-bond acceptors (Lipinski definition) is 2. The highest BCUT2D eigenvalue weighted by atomic mass is 16.1. The molecule has 0 bridgehead atoms. The van der Waals surface area contributed by atoms with Crippen molar-refractivity contribution in [1.29, 1.82) is 0 Å². The van der Waals surface area contributed by atoms with Gasteiger partial charge < -0.3 is 10.6 Å². The van der Waals surface area contributed by atoms with Crippen LogP contribution in [0.15, 0.2) is 0 Å². The lowest BCUT2D eigenvalue weighted by Crippen LogP contribution is -2.41. The van der Waals surface area contributed by atoms with Crippen molar-refractivity contribution in [3.63, 3.8) is 0 Å². The summed E-state index contributed by atoms with van der Waals surface area (Å²) >= 11 is 0. The molecule has 0 spiro atoms. The molecular formula is C13H24N2O. The largest absolute Gasteiger partial charge is 0.355 e. The average molecular weight is 224 g/mol. The van der Waals surface area contributed by atoms with Gasteiger partial charge in [-0.2, -0.15) is 0 Å². The molecule has 0 heterocycles. The first-order valence-corrected chi connectivity index (χ1v) is 6.74. The van der Waals surface area contributed by atoms with Crippen molar-refractivity contribution in [2.75, 3.05) is 13.1 Å². The topological polar surface area (TPSA) is 41.1 Å². The maximum atomic E-state index is 11.5. The van der Waals surface area contributed by atoms with Gasteiger partial charge in [-0.1, -0.05) is 6.92 Å². The molecule has 0 atom stereocenters. The Kier molecular flexibility index (Phi) is 4.22. The molecule has 0 saturated heterocycles. The number of amides is 1. The third-order valence-electron chi connectivity index (χ3n) is 3.85. The highest BCUT2D eigenvalue weighted by molar-refractivity contribution is 5.78. The van der Waals surface area contributed by atoms with Crippen LogP contribution in [0.5, 0.6) is 0 Å². The standard InChI is InChI=1S/C13H24N2O/c1-10-2-6-12(7-3-10)14-9-13(16)15-8-11-4-5-11/h10-12,14H,2-9H2,1H3,(H,15,16). The Balaban J connectivity index is 1.53. The zero-order valence-electron chi connectivity index (χ0n) is 10.3. The molecule has 0 unspecified atom stereocenters. The first-order valence-electron chi connectivity index (χ1n) is 6.74. The zero-order chi connectivity index (χ0) is 11.4. The van der Waals surface area contributed by atoms with Crippen LogP contribution >= 0.6 is 0 Å². The van der Waals surface area contributed by atoms with Crippen LogP contribution in [0.4, 0.5) is 0 Å². The van der Waals surface area contributed by atoms with E-state index in [1.165, 1.54) is 38.5 Å². The number of carbonyl (C=O) groups excluding carboxylic acids is 1. The molecule has 0 aliphatic heterocycles. The van der Waals surface area contributed by atoms with Gasteiger partial charge in [0, 0.05) is 12.6 Å². The molecule has 0 aromatic rings. The number of hydrogen-bond donors (Lipinski definition) is 2. The van der Waals surface area contributed by atoms with E-state index in [9.17, 15) is 4.79 Å². The van der Waals surface area contributed by atoms with Crippen LogP contribution < -0.4 is 10.6 Å². The smallest absolute Gasteiger partial charge is 0.233 e. The van der Waals surface area contributed by atoms with Crippen molar-refractivity contribution in [2.24, 2.45) is 11.8 Å². The van der Waals surface area contributed by atoms with Crippen LogP contribution in [-0.2, 0) is 4.79 Å². The van der Waals surface area contributed by atoms with Gasteiger partial charge in [0.2, 0.25) is 5.91 Å². The molecule has 92 valence electrons. The Morgan fingerprint density at radius 2 is 1.81 bits per heavy atom. The lowest BCUT2D eigenvalue weighted by Gasteiger charge is -2.26. The van der Waals surface area contributed by atoms with E-state index in [-0.39, 0.29) is 5.91 Å². The molecule has 2 fully saturated rings. The zero-order valence-corrected chi connectivity index (χ0v) is 10.3. The fourth-order valence-electron chi connectivity index (χ4n) is 2.34. The normalized spacial score (nSPS) is 30.1. The summed E-state index contributed by atoms with van der Waals surface area (Å²) < 4.78 is 0. The second-order valence-electron chi connectivity index (χ2n) is 5.59. The molecule has 2 saturated carbocycles. The first-order chi connectivity index (χ1) is 7.74. The molecule has 2 aliphatic rings. The molecular weight excluding hydrogens is 200 g/mol. The van der Waals surface area contributed by atoms with Gasteiger partial charge in [-0.05, 0) is 50.4 Å². The molecule has 2 rings (SSSR count). The van der Waals surface area contributed by atoms with E-state index in [1.54, 1.807) is 0 Å². The summed E-state index contributed by atoms with van der Waals surface area (Å²) in [4.78, 5) is 11.5. The van der Waals surface area contributed by atoms with Gasteiger partial charge in [-0.3, -0.25) is 4.79 Å². The fraction of sp³-hybridized carbons (Fsp3) is 0.923. The van der Waals surface area contributed by atoms with E-state index in [0.717, 1.165) is 18.4 Å². The highest BCUT2D eigenvalue weighted by Gasteiger charge is 2.22. The van der Waals surface area contributed by atoms with Crippen molar-refractivity contribution < 1.29 is 4.79 Å². The predicted molar refractivity (Wildman–Crippen MR) is 65.2 cm³/mol. The van der Waals surface area contributed by atoms with Gasteiger partial charge in [0.15, 0.2) is 0 Å². The maximum absolute atomic E-state index is 11.5. The Hall–Kier alpha value is -0.570. The molecule has 2 aliphatic carbocycles. The lowest BCUT2D eigenvalue weighted by atomic mass is 9.87. The molecule has 2 N–H and O–H groups in total. The van der Waals surface area contributed by atoms with E-state index < -0.39 is 0 Å². The second-order valence-corrected chi connectivity index (χ2v) is 5.59. The number of nitrogens with one attached hydrogen (secondary N) is 2. The quantitative estimate of drug-likeness (QED) is 0.746. The Labute approximate surface area is 98.4 Å². The highest BCUT2D eigenvalue weighted by Crippen LogP contribution is 2.27. The molecule has 3 heteroatoms. The predicted octanol–water partition coefficient (Wildman–Crippen LogP) is 1.68. The Bertz CT molecular complexity index is 230. The minimum absolute atomic E-state index is 0.172. The van der Waals surface area contributed by atoms with Gasteiger partial charge in [-0.25, -0.2) is 0 Å². The summed E-state index contributed by atoms with van der Waals surface area (Å²) in [6.45, 7) is 3.71. The fourth-order valence-corrected chi connectivity index (χ4v) is 2.34. The van der Waals surface area contributed by atoms with Crippen LogP contribution in [0.1, 0.15) is 45.4 Å². The van der Waals surface area contributed by atoms with E-state index in [2.05, 4.69) is 17.6 Å². The minimum Gasteiger partial charge on any atom is -0.355 e. The summed E-state index contributed by atoms with van der Waals surface area (Å²) in [6, 6.07) is 0.572. The van der Waals surface area contributed by atoms with Crippen LogP contribution in [-0.4, -0.2) is 25.0 Å². The molecule has 0 radical (unpaired) electrons. The van der Waals surface area contributed by atoms with E-state index in [0.29, 0.717) is 12.6 Å². The molecule has 3 nitrogen and oxygen atoms in total. The van der Waals surface area contributed by atoms with Crippen molar-refractivity contribution >= 4 is 5.91 Å². The minimum atomic E-state index is 0.172. The van der Waals surface area contributed by atoms with Crippen molar-refractivity contribution in [1.82, 2.24) is 10.6 Å². The van der Waals surface area contributed by atoms with Crippen molar-refractivity contribution in [3.05, 3.63) is 0 Å². The monoisotopic (exact) mass is 224 g/mol. The summed E-state index contributed by atoms with van der Waals surface area (Å²) in [6.07, 6.45) is 7.68. The first kappa shape index (κ1) is 11.9. The molecule has 1 amide bonds. The van der Waals surface area contributed by atoms with Crippen molar-refractivity contribution in [2.45, 2.75) is 51.5 Å². The Morgan fingerprint density at radius 3 is 2.44 bits per heavy atom. The van der Waals surface area contributed by atoms with E-state index >= 15 is 0 Å². The van der Waals surface area contributed by atoms with Crippen molar-refractivity contribution in [3.8, 4) is 0 Å². The maximum Gasteiger partial charge on any atom is 0.233 e. The third-order valence-corrected chi connectivity index (χ3v) is 3.85. The van der Waals surface area contributed by atoms with Gasteiger partial charge >= 0.3 is 0 Å². The van der Waals surface area contributed by atoms with Crippen LogP contribution in [0, 0.1) is 11.8 Å². The summed E-state index contributed by atoms with van der Waals surface area (Å²) in [5, 5.41) is 6.37. The summed E-state index contributed by atoms with van der Waals surface area (Å²) in [5.41, 5.74) is 0. The van der Waals surface area contributed by atoms with Gasteiger partial charge in [0.1, 0.15) is 0 Å². The molecule has 0 aromatic heterocycles. The second kappa shape index (κ2) is 5.67. The van der Waals surface area contributed by atoms with E-state index in [4.69, 9.17) is 0 Å². The van der Waals surface area contributed by atoms with Gasteiger partial charge in [0.05, 0.1) is 6.54 Å². The summed E-state index contributed by atoms with van der Waals surface area (Å²) in [7, 11) is 0. The van der Waals surface area contributed by atoms with E-state index in [1.807, 2.05) is 0 Å². The van der Waals surface area contributed by atoms with Crippen LogP contribution in [0.3, 0.4) is 0 Å². The number of rotatable bonds is 5. The van der Waals surface area contributed by atoms with Gasteiger partial charge in [-0.15, -0.1) is 0 Å².